The van der Waals surface area contributed by atoms with E-state index in [2.05, 4.69) is 32.7 Å². The lowest BCUT2D eigenvalue weighted by Gasteiger charge is -2.09. The Bertz CT molecular complexity index is 886. The van der Waals surface area contributed by atoms with Gasteiger partial charge in [-0.05, 0) is 45.4 Å². The molecule has 0 aliphatic carbocycles. The third-order valence-corrected chi connectivity index (χ3v) is 5.06. The van der Waals surface area contributed by atoms with Crippen LogP contribution in [0.25, 0.3) is 10.9 Å². The summed E-state index contributed by atoms with van der Waals surface area (Å²) in [5.74, 6) is 0. The van der Waals surface area contributed by atoms with Crippen LogP contribution in [-0.2, 0) is 6.42 Å². The van der Waals surface area contributed by atoms with E-state index in [-0.39, 0.29) is 6.03 Å². The average Bonchev–Trinajstić information content (AvgIpc) is 2.90. The van der Waals surface area contributed by atoms with Gasteiger partial charge in [-0.2, -0.15) is 10.2 Å². The molecule has 3 rings (SSSR count). The summed E-state index contributed by atoms with van der Waals surface area (Å²) in [6.07, 6.45) is 1.74. The summed E-state index contributed by atoms with van der Waals surface area (Å²) < 4.78 is 0. The first-order valence-electron chi connectivity index (χ1n) is 8.24. The first-order valence-corrected chi connectivity index (χ1v) is 9.05. The number of benzene rings is 1. The molecular weight excluding hydrogens is 334 g/mol. The summed E-state index contributed by atoms with van der Waals surface area (Å²) in [5, 5.41) is 16.0. The molecule has 2 N–H and O–H groups in total. The number of aryl methyl sites for hydroxylation is 4. The van der Waals surface area contributed by atoms with Gasteiger partial charge in [0.15, 0.2) is 0 Å². The van der Waals surface area contributed by atoms with Gasteiger partial charge in [0.1, 0.15) is 0 Å². The van der Waals surface area contributed by atoms with E-state index in [9.17, 15) is 4.79 Å². The third kappa shape index (κ3) is 4.30. The van der Waals surface area contributed by atoms with E-state index in [1.54, 1.807) is 11.3 Å². The summed E-state index contributed by atoms with van der Waals surface area (Å²) in [7, 11) is 0. The Balaban J connectivity index is 1.53. The van der Waals surface area contributed by atoms with E-state index >= 15 is 0 Å². The number of amides is 2. The summed E-state index contributed by atoms with van der Waals surface area (Å²) >= 11 is 1.73. The van der Waals surface area contributed by atoms with Crippen LogP contribution in [0.2, 0.25) is 0 Å². The summed E-state index contributed by atoms with van der Waals surface area (Å²) in [5.41, 5.74) is 3.41. The number of rotatable bonds is 5. The maximum atomic E-state index is 12.1. The Labute approximate surface area is 150 Å². The van der Waals surface area contributed by atoms with Crippen molar-refractivity contribution in [2.45, 2.75) is 33.6 Å². The van der Waals surface area contributed by atoms with Crippen LogP contribution in [0, 0.1) is 20.8 Å². The maximum Gasteiger partial charge on any atom is 0.319 e. The summed E-state index contributed by atoms with van der Waals surface area (Å²) in [4.78, 5) is 17.9. The van der Waals surface area contributed by atoms with Crippen molar-refractivity contribution < 1.29 is 4.79 Å². The molecule has 1 aromatic carbocycles. The third-order valence-electron chi connectivity index (χ3n) is 3.93. The number of hydrogen-bond donors (Lipinski definition) is 2. The molecule has 7 heteroatoms. The zero-order valence-corrected chi connectivity index (χ0v) is 15.4. The lowest BCUT2D eigenvalue weighted by Crippen LogP contribution is -2.29. The minimum atomic E-state index is -0.214. The second-order valence-corrected chi connectivity index (χ2v) is 7.25. The van der Waals surface area contributed by atoms with E-state index < -0.39 is 0 Å². The summed E-state index contributed by atoms with van der Waals surface area (Å²) in [6.45, 7) is 6.59. The van der Waals surface area contributed by atoms with Gasteiger partial charge in [-0.15, -0.1) is 11.3 Å². The second kappa shape index (κ2) is 7.57. The Morgan fingerprint density at radius 1 is 1.20 bits per heavy atom. The molecule has 25 heavy (non-hydrogen) atoms. The molecule has 2 heterocycles. The molecule has 2 aromatic heterocycles. The fourth-order valence-corrected chi connectivity index (χ4v) is 3.50. The molecule has 0 unspecified atom stereocenters. The zero-order valence-electron chi connectivity index (χ0n) is 14.6. The Morgan fingerprint density at radius 3 is 2.80 bits per heavy atom. The highest BCUT2D eigenvalue weighted by Gasteiger charge is 2.07. The first kappa shape index (κ1) is 17.3. The number of anilines is 1. The largest absolute Gasteiger partial charge is 0.338 e. The van der Waals surface area contributed by atoms with Crippen LogP contribution >= 0.6 is 11.3 Å². The maximum absolute atomic E-state index is 12.1. The zero-order chi connectivity index (χ0) is 17.8. The first-order chi connectivity index (χ1) is 12.0. The molecule has 0 atom stereocenters. The highest BCUT2D eigenvalue weighted by molar-refractivity contribution is 7.11. The molecule has 0 spiro atoms. The van der Waals surface area contributed by atoms with Gasteiger partial charge in [-0.25, -0.2) is 9.78 Å². The number of thiazole rings is 1. The summed E-state index contributed by atoms with van der Waals surface area (Å²) in [6, 6.07) is 7.31. The lowest BCUT2D eigenvalue weighted by molar-refractivity contribution is 0.252. The molecular formula is C18H21N5OS. The van der Waals surface area contributed by atoms with Crippen molar-refractivity contribution in [1.29, 1.82) is 0 Å². The number of nitrogens with one attached hydrogen (secondary N) is 2. The van der Waals surface area contributed by atoms with Crippen LogP contribution in [0.5, 0.6) is 0 Å². The molecule has 0 fully saturated rings. The normalized spacial score (nSPS) is 10.8. The number of carbonyl (C=O) groups is 1. The van der Waals surface area contributed by atoms with Crippen LogP contribution in [0.4, 0.5) is 10.5 Å². The van der Waals surface area contributed by atoms with Gasteiger partial charge in [0.05, 0.1) is 27.6 Å². The topological polar surface area (TPSA) is 79.8 Å². The van der Waals surface area contributed by atoms with Crippen LogP contribution < -0.4 is 10.6 Å². The average molecular weight is 355 g/mol. The number of nitrogens with zero attached hydrogens (tertiary/aromatic N) is 3. The molecule has 2 amide bonds. The van der Waals surface area contributed by atoms with Gasteiger partial charge in [-0.3, -0.25) is 0 Å². The molecule has 0 bridgehead atoms. The molecule has 0 radical (unpaired) electrons. The second-order valence-electron chi connectivity index (χ2n) is 5.96. The van der Waals surface area contributed by atoms with Crippen molar-refractivity contribution in [2.75, 3.05) is 11.9 Å². The van der Waals surface area contributed by atoms with E-state index in [1.807, 2.05) is 38.1 Å². The van der Waals surface area contributed by atoms with Gasteiger partial charge in [0, 0.05) is 23.2 Å². The van der Waals surface area contributed by atoms with Gasteiger partial charge in [0.2, 0.25) is 0 Å². The Morgan fingerprint density at radius 2 is 2.04 bits per heavy atom. The molecule has 130 valence electrons. The van der Waals surface area contributed by atoms with Gasteiger partial charge >= 0.3 is 6.03 Å². The van der Waals surface area contributed by atoms with E-state index in [4.69, 9.17) is 0 Å². The molecule has 0 aliphatic heterocycles. The van der Waals surface area contributed by atoms with E-state index in [0.29, 0.717) is 6.54 Å². The molecule has 3 aromatic rings. The predicted octanol–water partition coefficient (Wildman–Crippen LogP) is 3.77. The van der Waals surface area contributed by atoms with Crippen LogP contribution in [-0.4, -0.2) is 27.8 Å². The standard InChI is InChI=1S/C18H21N5OS/c1-11-10-14-15(6-4-7-16(14)23-22-11)21-18(24)19-9-5-8-17-20-12(2)13(3)25-17/h4,6-7,10H,5,8-9H2,1-3H3,(H2,19,21,24). The fourth-order valence-electron chi connectivity index (χ4n) is 2.53. The fraction of sp³-hybridized carbons (Fsp3) is 0.333. The molecule has 6 nitrogen and oxygen atoms in total. The number of aromatic nitrogens is 3. The minimum Gasteiger partial charge on any atom is -0.338 e. The van der Waals surface area contributed by atoms with Crippen molar-refractivity contribution in [3.05, 3.63) is 45.5 Å². The monoisotopic (exact) mass is 355 g/mol. The van der Waals surface area contributed by atoms with Crippen molar-refractivity contribution in [3.8, 4) is 0 Å². The molecule has 0 saturated carbocycles. The van der Waals surface area contributed by atoms with Gasteiger partial charge < -0.3 is 10.6 Å². The van der Waals surface area contributed by atoms with Crippen molar-refractivity contribution in [3.63, 3.8) is 0 Å². The van der Waals surface area contributed by atoms with E-state index in [0.717, 1.165) is 45.8 Å². The smallest absolute Gasteiger partial charge is 0.319 e. The quantitative estimate of drug-likeness (QED) is 0.683. The van der Waals surface area contributed by atoms with Gasteiger partial charge in [0.25, 0.3) is 0 Å². The van der Waals surface area contributed by atoms with Crippen molar-refractivity contribution in [1.82, 2.24) is 20.5 Å². The minimum absolute atomic E-state index is 0.214. The van der Waals surface area contributed by atoms with E-state index in [1.165, 1.54) is 4.88 Å². The number of urea groups is 1. The molecule has 0 aliphatic rings. The van der Waals surface area contributed by atoms with Crippen LogP contribution in [0.15, 0.2) is 24.3 Å². The lowest BCUT2D eigenvalue weighted by atomic mass is 10.2. The molecule has 0 saturated heterocycles. The number of fused-ring (bicyclic) bond motifs is 1. The van der Waals surface area contributed by atoms with Crippen LogP contribution in [0.3, 0.4) is 0 Å². The number of hydrogen-bond acceptors (Lipinski definition) is 5. The Hall–Kier alpha value is -2.54. The van der Waals surface area contributed by atoms with Crippen molar-refractivity contribution >= 4 is 34.0 Å². The predicted molar refractivity (Wildman–Crippen MR) is 101 cm³/mol. The highest BCUT2D eigenvalue weighted by atomic mass is 32.1. The number of carbonyl (C=O) groups excluding carboxylic acids is 1. The Kier molecular flexibility index (Phi) is 5.23. The van der Waals surface area contributed by atoms with Crippen molar-refractivity contribution in [2.24, 2.45) is 0 Å². The van der Waals surface area contributed by atoms with Gasteiger partial charge in [-0.1, -0.05) is 6.07 Å². The van der Waals surface area contributed by atoms with Crippen LogP contribution in [0.1, 0.15) is 27.7 Å². The highest BCUT2D eigenvalue weighted by Crippen LogP contribution is 2.21. The SMILES string of the molecule is Cc1cc2c(NC(=O)NCCCc3nc(C)c(C)s3)cccc2nn1.